The standard InChI is InChI=1S/C14H16O3/c1-12(11(15)16)8-13(12)9-14(13,17-2)10-6-4-3-5-7-10/h3-7H,8-9H2,1-2H3,(H,15,16)/t12-,13+,14+/m1/s1. The molecule has 1 aromatic rings. The Bertz CT molecular complexity index is 484. The molecular weight excluding hydrogens is 216 g/mol. The normalized spacial score (nSPS) is 42.5. The maximum absolute atomic E-state index is 11.3. The number of hydrogen-bond donors (Lipinski definition) is 1. The summed E-state index contributed by atoms with van der Waals surface area (Å²) in [7, 11) is 1.68. The minimum atomic E-state index is -0.702. The summed E-state index contributed by atoms with van der Waals surface area (Å²) in [5.41, 5.74) is -0.0604. The summed E-state index contributed by atoms with van der Waals surface area (Å²) < 4.78 is 5.69. The second kappa shape index (κ2) is 2.91. The molecule has 1 aromatic carbocycles. The van der Waals surface area contributed by atoms with Crippen LogP contribution in [0.15, 0.2) is 30.3 Å². The minimum absolute atomic E-state index is 0.179. The molecule has 0 unspecified atom stereocenters. The fourth-order valence-corrected chi connectivity index (χ4v) is 3.54. The van der Waals surface area contributed by atoms with Crippen molar-refractivity contribution in [1.82, 2.24) is 0 Å². The van der Waals surface area contributed by atoms with Crippen molar-refractivity contribution in [3.63, 3.8) is 0 Å². The van der Waals surface area contributed by atoms with Gasteiger partial charge in [0.25, 0.3) is 0 Å². The summed E-state index contributed by atoms with van der Waals surface area (Å²) >= 11 is 0. The van der Waals surface area contributed by atoms with Gasteiger partial charge in [0.2, 0.25) is 0 Å². The molecule has 17 heavy (non-hydrogen) atoms. The van der Waals surface area contributed by atoms with Gasteiger partial charge < -0.3 is 9.84 Å². The molecule has 3 heteroatoms. The Labute approximate surface area is 100 Å². The zero-order valence-corrected chi connectivity index (χ0v) is 10.1. The van der Waals surface area contributed by atoms with E-state index in [4.69, 9.17) is 4.74 Å². The SMILES string of the molecule is CO[C@]1(c2ccccc2)C[C@]12C[C@]2(C)C(=O)O. The fraction of sp³-hybridized carbons (Fsp3) is 0.500. The maximum Gasteiger partial charge on any atom is 0.310 e. The lowest BCUT2D eigenvalue weighted by atomic mass is 9.98. The molecule has 1 spiro atoms. The number of rotatable bonds is 3. The van der Waals surface area contributed by atoms with Gasteiger partial charge in [-0.2, -0.15) is 0 Å². The maximum atomic E-state index is 11.3. The number of benzene rings is 1. The number of carboxylic acids is 1. The van der Waals surface area contributed by atoms with Crippen LogP contribution in [0.1, 0.15) is 25.3 Å². The quantitative estimate of drug-likeness (QED) is 0.870. The Hall–Kier alpha value is -1.35. The van der Waals surface area contributed by atoms with Gasteiger partial charge in [0, 0.05) is 12.5 Å². The minimum Gasteiger partial charge on any atom is -0.481 e. The Morgan fingerprint density at radius 1 is 1.29 bits per heavy atom. The molecule has 0 bridgehead atoms. The summed E-state index contributed by atoms with van der Waals surface area (Å²) in [6, 6.07) is 9.97. The first-order valence-electron chi connectivity index (χ1n) is 5.87. The molecule has 1 N–H and O–H groups in total. The van der Waals surface area contributed by atoms with Crippen LogP contribution in [-0.2, 0) is 15.1 Å². The van der Waals surface area contributed by atoms with Crippen LogP contribution in [-0.4, -0.2) is 18.2 Å². The van der Waals surface area contributed by atoms with Crippen molar-refractivity contribution in [2.75, 3.05) is 7.11 Å². The van der Waals surface area contributed by atoms with Crippen LogP contribution in [0.3, 0.4) is 0 Å². The van der Waals surface area contributed by atoms with Gasteiger partial charge in [-0.15, -0.1) is 0 Å². The van der Waals surface area contributed by atoms with Crippen molar-refractivity contribution < 1.29 is 14.6 Å². The lowest BCUT2D eigenvalue weighted by Gasteiger charge is -2.17. The van der Waals surface area contributed by atoms with Gasteiger partial charge in [0.15, 0.2) is 0 Å². The summed E-state index contributed by atoms with van der Waals surface area (Å²) in [5, 5.41) is 9.31. The summed E-state index contributed by atoms with van der Waals surface area (Å²) in [6.07, 6.45) is 1.54. The number of methoxy groups -OCH3 is 1. The monoisotopic (exact) mass is 232 g/mol. The molecule has 0 heterocycles. The highest BCUT2D eigenvalue weighted by Gasteiger charge is 2.89. The van der Waals surface area contributed by atoms with Gasteiger partial charge in [-0.25, -0.2) is 0 Å². The lowest BCUT2D eigenvalue weighted by molar-refractivity contribution is -0.144. The van der Waals surface area contributed by atoms with E-state index in [0.717, 1.165) is 18.4 Å². The first kappa shape index (κ1) is 10.8. The summed E-state index contributed by atoms with van der Waals surface area (Å²) in [5.74, 6) is -0.702. The van der Waals surface area contributed by atoms with Gasteiger partial charge in [-0.05, 0) is 25.3 Å². The van der Waals surface area contributed by atoms with E-state index in [0.29, 0.717) is 0 Å². The smallest absolute Gasteiger partial charge is 0.310 e. The Morgan fingerprint density at radius 3 is 2.41 bits per heavy atom. The molecule has 90 valence electrons. The topological polar surface area (TPSA) is 46.5 Å². The molecule has 0 aliphatic heterocycles. The second-order valence-electron chi connectivity index (χ2n) is 5.47. The van der Waals surface area contributed by atoms with Crippen LogP contribution in [0.5, 0.6) is 0 Å². The third-order valence-corrected chi connectivity index (χ3v) is 4.85. The van der Waals surface area contributed by atoms with Crippen molar-refractivity contribution in [3.8, 4) is 0 Å². The number of carboxylic acid groups (broad SMARTS) is 1. The average Bonchev–Trinajstić information content (AvgIpc) is 3.18. The predicted octanol–water partition coefficient (Wildman–Crippen LogP) is 2.41. The molecule has 2 saturated carbocycles. The predicted molar refractivity (Wildman–Crippen MR) is 62.5 cm³/mol. The van der Waals surface area contributed by atoms with Crippen molar-refractivity contribution >= 4 is 5.97 Å². The van der Waals surface area contributed by atoms with Crippen molar-refractivity contribution in [2.45, 2.75) is 25.4 Å². The van der Waals surface area contributed by atoms with Crippen LogP contribution in [0.25, 0.3) is 0 Å². The third kappa shape index (κ3) is 1.03. The van der Waals surface area contributed by atoms with Gasteiger partial charge in [-0.1, -0.05) is 30.3 Å². The van der Waals surface area contributed by atoms with E-state index in [-0.39, 0.29) is 11.0 Å². The summed E-state index contributed by atoms with van der Waals surface area (Å²) in [6.45, 7) is 1.83. The van der Waals surface area contributed by atoms with E-state index in [1.807, 2.05) is 37.3 Å². The summed E-state index contributed by atoms with van der Waals surface area (Å²) in [4.78, 5) is 11.3. The first-order chi connectivity index (χ1) is 8.02. The molecule has 0 radical (unpaired) electrons. The largest absolute Gasteiger partial charge is 0.481 e. The number of carbonyl (C=O) groups is 1. The van der Waals surface area contributed by atoms with E-state index >= 15 is 0 Å². The van der Waals surface area contributed by atoms with E-state index in [1.54, 1.807) is 7.11 Å². The lowest BCUT2D eigenvalue weighted by Crippen LogP contribution is -2.21. The second-order valence-corrected chi connectivity index (χ2v) is 5.47. The van der Waals surface area contributed by atoms with E-state index < -0.39 is 11.4 Å². The molecule has 2 aliphatic rings. The third-order valence-electron chi connectivity index (χ3n) is 4.85. The first-order valence-corrected chi connectivity index (χ1v) is 5.87. The molecule has 3 nitrogen and oxygen atoms in total. The van der Waals surface area contributed by atoms with Crippen molar-refractivity contribution in [2.24, 2.45) is 10.8 Å². The highest BCUT2D eigenvalue weighted by atomic mass is 16.5. The van der Waals surface area contributed by atoms with Crippen molar-refractivity contribution in [3.05, 3.63) is 35.9 Å². The number of ether oxygens (including phenoxy) is 1. The van der Waals surface area contributed by atoms with Crippen LogP contribution in [0.2, 0.25) is 0 Å². The Balaban J connectivity index is 1.99. The Kier molecular flexibility index (Phi) is 1.84. The van der Waals surface area contributed by atoms with Gasteiger partial charge >= 0.3 is 5.97 Å². The van der Waals surface area contributed by atoms with E-state index in [1.165, 1.54) is 0 Å². The zero-order chi connectivity index (χ0) is 12.3. The highest BCUT2D eigenvalue weighted by Crippen LogP contribution is 2.87. The molecule has 3 rings (SSSR count). The van der Waals surface area contributed by atoms with E-state index in [9.17, 15) is 9.90 Å². The van der Waals surface area contributed by atoms with Crippen molar-refractivity contribution in [1.29, 1.82) is 0 Å². The number of aliphatic carboxylic acids is 1. The molecular formula is C14H16O3. The van der Waals surface area contributed by atoms with Gasteiger partial charge in [0.1, 0.15) is 5.60 Å². The average molecular weight is 232 g/mol. The number of hydrogen-bond acceptors (Lipinski definition) is 2. The van der Waals surface area contributed by atoms with Crippen LogP contribution >= 0.6 is 0 Å². The van der Waals surface area contributed by atoms with Gasteiger partial charge in [-0.3, -0.25) is 4.79 Å². The van der Waals surface area contributed by atoms with E-state index in [2.05, 4.69) is 0 Å². The van der Waals surface area contributed by atoms with Crippen LogP contribution in [0, 0.1) is 10.8 Å². The zero-order valence-electron chi connectivity index (χ0n) is 10.1. The fourth-order valence-electron chi connectivity index (χ4n) is 3.54. The molecule has 0 saturated heterocycles. The molecule has 0 aromatic heterocycles. The van der Waals surface area contributed by atoms with Gasteiger partial charge in [0.05, 0.1) is 5.41 Å². The van der Waals surface area contributed by atoms with Crippen LogP contribution in [0.4, 0.5) is 0 Å². The molecule has 3 atom stereocenters. The Morgan fingerprint density at radius 2 is 1.94 bits per heavy atom. The molecule has 2 aliphatic carbocycles. The highest BCUT2D eigenvalue weighted by molar-refractivity contribution is 5.82. The molecule has 0 amide bonds. The van der Waals surface area contributed by atoms with Crippen LogP contribution < -0.4 is 0 Å². The molecule has 2 fully saturated rings.